The molecule has 1 saturated heterocycles. The van der Waals surface area contributed by atoms with Crippen LogP contribution in [0, 0.1) is 5.92 Å². The van der Waals surface area contributed by atoms with Gasteiger partial charge in [-0.1, -0.05) is 0 Å². The quantitative estimate of drug-likeness (QED) is 0.400. The van der Waals surface area contributed by atoms with Crippen molar-refractivity contribution in [3.8, 4) is 0 Å². The Hall–Kier alpha value is -2.89. The number of hydrogen-bond acceptors (Lipinski definition) is 6. The number of likely N-dealkylation sites (tertiary alicyclic amines) is 1. The van der Waals surface area contributed by atoms with E-state index in [1.54, 1.807) is 0 Å². The predicted octanol–water partition coefficient (Wildman–Crippen LogP) is 5.52. The van der Waals surface area contributed by atoms with Crippen LogP contribution in [-0.2, 0) is 32.0 Å². The third-order valence-electron chi connectivity index (χ3n) is 6.95. The molecule has 0 unspecified atom stereocenters. The molecule has 0 radical (unpaired) electrons. The minimum Gasteiger partial charge on any atom is -0.339 e. The number of benzene rings is 1. The molecule has 3 rings (SSSR count). The summed E-state index contributed by atoms with van der Waals surface area (Å²) in [6.07, 6.45) is -9.27. The molecule has 0 spiro atoms. The lowest BCUT2D eigenvalue weighted by Gasteiger charge is -2.40. The Kier molecular flexibility index (Phi) is 8.30. The highest BCUT2D eigenvalue weighted by Crippen LogP contribution is 2.41. The summed E-state index contributed by atoms with van der Waals surface area (Å²) in [5.41, 5.74) is -10.2. The highest BCUT2D eigenvalue weighted by Gasteiger charge is 2.49. The summed E-state index contributed by atoms with van der Waals surface area (Å²) >= 11 is 0. The Morgan fingerprint density at radius 2 is 1.37 bits per heavy atom. The van der Waals surface area contributed by atoms with Gasteiger partial charge in [0, 0.05) is 25.5 Å². The maximum atomic E-state index is 13.7. The molecule has 1 aliphatic heterocycles. The van der Waals surface area contributed by atoms with Crippen molar-refractivity contribution in [1.82, 2.24) is 9.88 Å². The van der Waals surface area contributed by atoms with E-state index in [1.165, 1.54) is 13.8 Å². The van der Waals surface area contributed by atoms with Crippen LogP contribution in [0.15, 0.2) is 46.5 Å². The fourth-order valence-electron chi connectivity index (χ4n) is 4.44. The Balaban J connectivity index is 1.86. The Bertz CT molecular complexity index is 1540. The number of hydrogen-bond donors (Lipinski definition) is 0. The zero-order valence-electron chi connectivity index (χ0n) is 21.0. The molecule has 1 aliphatic rings. The Morgan fingerprint density at radius 1 is 0.805 bits per heavy atom. The number of piperidine rings is 1. The summed E-state index contributed by atoms with van der Waals surface area (Å²) in [7, 11) is -10.6. The summed E-state index contributed by atoms with van der Waals surface area (Å²) in [6, 6.07) is 0.716. The molecule has 0 atom stereocenters. The number of sulfone groups is 2. The van der Waals surface area contributed by atoms with E-state index >= 15 is 0 Å². The molecule has 0 N–H and O–H groups in total. The molecule has 1 amide bonds. The number of nitrogens with zero attached hydrogens (tertiary/aromatic N) is 2. The van der Waals surface area contributed by atoms with Crippen LogP contribution < -0.4 is 0 Å². The van der Waals surface area contributed by atoms with Gasteiger partial charge in [-0.3, -0.25) is 9.78 Å². The van der Waals surface area contributed by atoms with Crippen molar-refractivity contribution in [2.45, 2.75) is 59.1 Å². The smallest absolute Gasteiger partial charge is 0.339 e. The number of halogens is 9. The number of carbonyl (C=O) groups is 1. The molecule has 0 bridgehead atoms. The van der Waals surface area contributed by atoms with Crippen LogP contribution in [0.25, 0.3) is 0 Å². The summed E-state index contributed by atoms with van der Waals surface area (Å²) in [4.78, 5) is 14.8. The van der Waals surface area contributed by atoms with E-state index in [1.807, 2.05) is 0 Å². The standard InChI is InChI=1S/C23H21F9N2O5S2/c1-20(2,40(36,37)16-9-14(11-33-12-16)21(24,25)26)13-5-7-34(8-6-13)19(35)17-4-3-15(10-18(17)22(27,28)29)41(38,39)23(30,31)32/h3-4,9-13H,5-8H2,1-2H3. The Morgan fingerprint density at radius 3 is 1.85 bits per heavy atom. The predicted molar refractivity (Wildman–Crippen MR) is 124 cm³/mol. The lowest BCUT2D eigenvalue weighted by molar-refractivity contribution is -0.138. The van der Waals surface area contributed by atoms with Gasteiger partial charge in [0.05, 0.1) is 31.2 Å². The van der Waals surface area contributed by atoms with Crippen LogP contribution in [0.1, 0.15) is 48.2 Å². The first kappa shape index (κ1) is 32.6. The molecule has 41 heavy (non-hydrogen) atoms. The fraction of sp³-hybridized carbons (Fsp3) is 0.478. The van der Waals surface area contributed by atoms with Gasteiger partial charge in [-0.15, -0.1) is 0 Å². The maximum Gasteiger partial charge on any atom is 0.501 e. The van der Waals surface area contributed by atoms with E-state index < -0.39 is 80.6 Å². The van der Waals surface area contributed by atoms with E-state index in [0.29, 0.717) is 18.3 Å². The average Bonchev–Trinajstić information content (AvgIpc) is 2.86. The molecular weight excluding hydrogens is 619 g/mol. The molecule has 18 heteroatoms. The zero-order chi connectivity index (χ0) is 31.4. The molecule has 2 aromatic rings. The average molecular weight is 641 g/mol. The van der Waals surface area contributed by atoms with Crippen molar-refractivity contribution in [3.05, 3.63) is 53.3 Å². The molecule has 1 aromatic carbocycles. The highest BCUT2D eigenvalue weighted by molar-refractivity contribution is 7.93. The van der Waals surface area contributed by atoms with E-state index in [2.05, 4.69) is 4.98 Å². The molecule has 1 fully saturated rings. The SMILES string of the molecule is CC(C)(C1CCN(C(=O)c2ccc(S(=O)(=O)C(F)(F)F)cc2C(F)(F)F)CC1)S(=O)(=O)c1cncc(C(F)(F)F)c1. The minimum absolute atomic E-state index is 0.105. The molecule has 2 heterocycles. The third kappa shape index (κ3) is 6.17. The van der Waals surface area contributed by atoms with Crippen LogP contribution >= 0.6 is 0 Å². The number of pyridine rings is 1. The Labute approximate surface area is 228 Å². The first-order valence-corrected chi connectivity index (χ1v) is 14.5. The van der Waals surface area contributed by atoms with E-state index in [9.17, 15) is 61.1 Å². The minimum atomic E-state index is -6.15. The second kappa shape index (κ2) is 10.4. The summed E-state index contributed by atoms with van der Waals surface area (Å²) < 4.78 is 167. The van der Waals surface area contributed by atoms with Gasteiger partial charge in [0.2, 0.25) is 0 Å². The van der Waals surface area contributed by atoms with Gasteiger partial charge in [-0.2, -0.15) is 39.5 Å². The largest absolute Gasteiger partial charge is 0.501 e. The number of rotatable bonds is 5. The van der Waals surface area contributed by atoms with E-state index in [4.69, 9.17) is 0 Å². The van der Waals surface area contributed by atoms with Gasteiger partial charge < -0.3 is 4.90 Å². The van der Waals surface area contributed by atoms with Crippen LogP contribution in [0.5, 0.6) is 0 Å². The van der Waals surface area contributed by atoms with Gasteiger partial charge in [-0.05, 0) is 56.9 Å². The number of carbonyl (C=O) groups excluding carboxylic acids is 1. The van der Waals surface area contributed by atoms with Crippen LogP contribution in [0.2, 0.25) is 0 Å². The lowest BCUT2D eigenvalue weighted by atomic mass is 9.85. The van der Waals surface area contributed by atoms with Gasteiger partial charge in [0.25, 0.3) is 15.7 Å². The molecular formula is C23H21F9N2O5S2. The molecule has 228 valence electrons. The van der Waals surface area contributed by atoms with Gasteiger partial charge in [0.15, 0.2) is 9.84 Å². The monoisotopic (exact) mass is 640 g/mol. The normalized spacial score (nSPS) is 16.6. The maximum absolute atomic E-state index is 13.7. The van der Waals surface area contributed by atoms with Crippen molar-refractivity contribution in [1.29, 1.82) is 0 Å². The summed E-state index contributed by atoms with van der Waals surface area (Å²) in [5, 5.41) is 0. The van der Waals surface area contributed by atoms with Gasteiger partial charge in [0.1, 0.15) is 0 Å². The molecule has 1 aromatic heterocycles. The number of alkyl halides is 9. The topological polar surface area (TPSA) is 101 Å². The van der Waals surface area contributed by atoms with Crippen molar-refractivity contribution in [3.63, 3.8) is 0 Å². The van der Waals surface area contributed by atoms with E-state index in [-0.39, 0.29) is 38.1 Å². The summed E-state index contributed by atoms with van der Waals surface area (Å²) in [5.74, 6) is -2.05. The second-order valence-electron chi connectivity index (χ2n) is 9.73. The molecule has 0 saturated carbocycles. The van der Waals surface area contributed by atoms with E-state index in [0.717, 1.165) is 11.1 Å². The first-order valence-electron chi connectivity index (χ1n) is 11.5. The fourth-order valence-corrected chi connectivity index (χ4v) is 6.99. The lowest BCUT2D eigenvalue weighted by Crippen LogP contribution is -2.48. The molecule has 7 nitrogen and oxygen atoms in total. The van der Waals surface area contributed by atoms with Gasteiger partial charge >= 0.3 is 17.9 Å². The summed E-state index contributed by atoms with van der Waals surface area (Å²) in [6.45, 7) is 1.91. The van der Waals surface area contributed by atoms with Crippen molar-refractivity contribution in [2.75, 3.05) is 13.1 Å². The second-order valence-corrected chi connectivity index (χ2v) is 14.2. The van der Waals surface area contributed by atoms with Gasteiger partial charge in [-0.25, -0.2) is 16.8 Å². The zero-order valence-corrected chi connectivity index (χ0v) is 22.7. The van der Waals surface area contributed by atoms with Crippen LogP contribution in [-0.4, -0.2) is 56.0 Å². The van der Waals surface area contributed by atoms with Crippen LogP contribution in [0.3, 0.4) is 0 Å². The highest BCUT2D eigenvalue weighted by atomic mass is 32.2. The number of aromatic nitrogens is 1. The van der Waals surface area contributed by atoms with Crippen molar-refractivity contribution in [2.24, 2.45) is 5.92 Å². The van der Waals surface area contributed by atoms with Crippen LogP contribution in [0.4, 0.5) is 39.5 Å². The van der Waals surface area contributed by atoms with Crippen molar-refractivity contribution < 1.29 is 61.1 Å². The van der Waals surface area contributed by atoms with Crippen molar-refractivity contribution >= 4 is 25.6 Å². The number of amides is 1. The molecule has 0 aliphatic carbocycles. The third-order valence-corrected chi connectivity index (χ3v) is 11.0. The first-order chi connectivity index (χ1) is 18.4.